The topological polar surface area (TPSA) is 75.7 Å². The summed E-state index contributed by atoms with van der Waals surface area (Å²) >= 11 is 1.73. The van der Waals surface area contributed by atoms with E-state index in [1.807, 2.05) is 42.5 Å². The summed E-state index contributed by atoms with van der Waals surface area (Å²) in [5.74, 6) is 0.894. The highest BCUT2D eigenvalue weighted by Gasteiger charge is 2.21. The third kappa shape index (κ3) is 6.77. The summed E-state index contributed by atoms with van der Waals surface area (Å²) in [6, 6.07) is 24.2. The Bertz CT molecular complexity index is 1120. The predicted molar refractivity (Wildman–Crippen MR) is 126 cm³/mol. The summed E-state index contributed by atoms with van der Waals surface area (Å²) in [6.45, 7) is -0.336. The van der Waals surface area contributed by atoms with Crippen LogP contribution in [0.5, 0.6) is 5.75 Å². The normalized spacial score (nSPS) is 11.0. The van der Waals surface area contributed by atoms with Gasteiger partial charge in [0.2, 0.25) is 15.9 Å². The van der Waals surface area contributed by atoms with Crippen molar-refractivity contribution < 1.29 is 17.9 Å². The van der Waals surface area contributed by atoms with E-state index in [0.717, 1.165) is 21.9 Å². The molecule has 3 aromatic rings. The van der Waals surface area contributed by atoms with Crippen LogP contribution in [0.25, 0.3) is 0 Å². The Kier molecular flexibility index (Phi) is 7.59. The number of nitrogens with one attached hydrogen (secondary N) is 1. The fourth-order valence-corrected chi connectivity index (χ4v) is 4.59. The van der Waals surface area contributed by atoms with E-state index in [-0.39, 0.29) is 6.54 Å². The molecular formula is C23H24N2O4S2. The van der Waals surface area contributed by atoms with Gasteiger partial charge >= 0.3 is 0 Å². The fraction of sp³-hybridized carbons (Fsp3) is 0.174. The lowest BCUT2D eigenvalue weighted by atomic mass is 10.2. The highest BCUT2D eigenvalue weighted by molar-refractivity contribution is 7.98. The van der Waals surface area contributed by atoms with E-state index in [9.17, 15) is 13.2 Å². The van der Waals surface area contributed by atoms with Crippen LogP contribution in [0.4, 0.5) is 11.4 Å². The van der Waals surface area contributed by atoms with E-state index < -0.39 is 15.9 Å². The van der Waals surface area contributed by atoms with Crippen molar-refractivity contribution in [1.82, 2.24) is 0 Å². The van der Waals surface area contributed by atoms with Gasteiger partial charge in [-0.2, -0.15) is 0 Å². The lowest BCUT2D eigenvalue weighted by molar-refractivity contribution is -0.114. The van der Waals surface area contributed by atoms with Gasteiger partial charge in [0, 0.05) is 22.4 Å². The van der Waals surface area contributed by atoms with E-state index in [0.29, 0.717) is 17.1 Å². The van der Waals surface area contributed by atoms with Gasteiger partial charge in [0.25, 0.3) is 0 Å². The molecule has 162 valence electrons. The molecule has 0 saturated carbocycles. The molecule has 0 aliphatic carbocycles. The quantitative estimate of drug-likeness (QED) is 0.483. The number of thioether (sulfide) groups is 1. The first-order chi connectivity index (χ1) is 14.8. The number of sulfonamides is 1. The van der Waals surface area contributed by atoms with Gasteiger partial charge in [0.15, 0.2) is 0 Å². The first-order valence-corrected chi connectivity index (χ1v) is 12.4. The van der Waals surface area contributed by atoms with Crippen molar-refractivity contribution in [3.8, 4) is 5.75 Å². The molecule has 3 aromatic carbocycles. The van der Waals surface area contributed by atoms with Crippen LogP contribution in [-0.4, -0.2) is 34.2 Å². The molecule has 1 amide bonds. The van der Waals surface area contributed by atoms with Crippen molar-refractivity contribution in [3.05, 3.63) is 84.4 Å². The summed E-state index contributed by atoms with van der Waals surface area (Å²) in [5, 5.41) is 2.76. The number of nitrogens with zero attached hydrogens (tertiary/aromatic N) is 1. The lowest BCUT2D eigenvalue weighted by Crippen LogP contribution is -2.37. The zero-order chi connectivity index (χ0) is 22.3. The third-order valence-corrected chi connectivity index (χ3v) is 6.64. The van der Waals surface area contributed by atoms with Gasteiger partial charge in [-0.25, -0.2) is 8.42 Å². The second-order valence-electron chi connectivity index (χ2n) is 6.82. The van der Waals surface area contributed by atoms with Gasteiger partial charge < -0.3 is 10.1 Å². The molecule has 0 heterocycles. The van der Waals surface area contributed by atoms with Gasteiger partial charge in [-0.1, -0.05) is 36.4 Å². The largest absolute Gasteiger partial charge is 0.497 e. The van der Waals surface area contributed by atoms with Crippen LogP contribution < -0.4 is 14.4 Å². The zero-order valence-corrected chi connectivity index (χ0v) is 18.9. The first-order valence-electron chi connectivity index (χ1n) is 9.53. The minimum atomic E-state index is -3.66. The Balaban J connectivity index is 1.62. The predicted octanol–water partition coefficient (Wildman–Crippen LogP) is 4.39. The SMILES string of the molecule is COc1cccc(N(CC(=O)Nc2ccc(CSc3ccccc3)cc2)S(C)(=O)=O)c1. The minimum absolute atomic E-state index is 0.336. The van der Waals surface area contributed by atoms with Crippen molar-refractivity contribution in [1.29, 1.82) is 0 Å². The van der Waals surface area contributed by atoms with Crippen molar-refractivity contribution in [2.45, 2.75) is 10.6 Å². The Morgan fingerprint density at radius 3 is 2.35 bits per heavy atom. The molecule has 0 radical (unpaired) electrons. The van der Waals surface area contributed by atoms with Crippen LogP contribution in [0.1, 0.15) is 5.56 Å². The van der Waals surface area contributed by atoms with E-state index in [1.165, 1.54) is 12.0 Å². The molecule has 0 unspecified atom stereocenters. The highest BCUT2D eigenvalue weighted by atomic mass is 32.2. The number of methoxy groups -OCH3 is 1. The molecule has 3 rings (SSSR count). The lowest BCUT2D eigenvalue weighted by Gasteiger charge is -2.22. The van der Waals surface area contributed by atoms with Crippen LogP contribution in [0, 0.1) is 0 Å². The second-order valence-corrected chi connectivity index (χ2v) is 9.77. The molecular weight excluding hydrogens is 432 g/mol. The van der Waals surface area contributed by atoms with Gasteiger partial charge in [-0.3, -0.25) is 9.10 Å². The smallest absolute Gasteiger partial charge is 0.245 e. The summed E-state index contributed by atoms with van der Waals surface area (Å²) in [7, 11) is -2.16. The standard InChI is InChI=1S/C23H24N2O4S2/c1-29-21-8-6-7-20(15-21)25(31(2,27)28)16-23(26)24-19-13-11-18(12-14-19)17-30-22-9-4-3-5-10-22/h3-15H,16-17H2,1-2H3,(H,24,26). The van der Waals surface area contributed by atoms with Crippen LogP contribution in [0.3, 0.4) is 0 Å². The van der Waals surface area contributed by atoms with Crippen LogP contribution >= 0.6 is 11.8 Å². The van der Waals surface area contributed by atoms with Crippen molar-refractivity contribution in [2.24, 2.45) is 0 Å². The highest BCUT2D eigenvalue weighted by Crippen LogP contribution is 2.24. The van der Waals surface area contributed by atoms with Crippen LogP contribution in [0.2, 0.25) is 0 Å². The molecule has 1 N–H and O–H groups in total. The number of benzene rings is 3. The molecule has 0 aliphatic rings. The van der Waals surface area contributed by atoms with E-state index >= 15 is 0 Å². The second kappa shape index (κ2) is 10.4. The maximum absolute atomic E-state index is 12.5. The van der Waals surface area contributed by atoms with E-state index in [4.69, 9.17) is 4.74 Å². The number of hydrogen-bond donors (Lipinski definition) is 1. The maximum atomic E-state index is 12.5. The Morgan fingerprint density at radius 1 is 1.00 bits per heavy atom. The number of hydrogen-bond acceptors (Lipinski definition) is 5. The van der Waals surface area contributed by atoms with Crippen molar-refractivity contribution in [2.75, 3.05) is 29.5 Å². The number of amides is 1. The van der Waals surface area contributed by atoms with Gasteiger partial charge in [-0.05, 0) is 42.0 Å². The molecule has 0 spiro atoms. The third-order valence-electron chi connectivity index (χ3n) is 4.42. The Morgan fingerprint density at radius 2 is 1.71 bits per heavy atom. The molecule has 0 atom stereocenters. The van der Waals surface area contributed by atoms with Gasteiger partial charge in [0.05, 0.1) is 19.1 Å². The van der Waals surface area contributed by atoms with Crippen molar-refractivity contribution in [3.63, 3.8) is 0 Å². The zero-order valence-electron chi connectivity index (χ0n) is 17.3. The van der Waals surface area contributed by atoms with E-state index in [2.05, 4.69) is 17.4 Å². The summed E-state index contributed by atoms with van der Waals surface area (Å²) in [5.41, 5.74) is 2.10. The average Bonchev–Trinajstić information content (AvgIpc) is 2.77. The molecule has 0 aliphatic heterocycles. The van der Waals surface area contributed by atoms with Gasteiger partial charge in [0.1, 0.15) is 12.3 Å². The first kappa shape index (κ1) is 22.7. The number of ether oxygens (including phenoxy) is 1. The monoisotopic (exact) mass is 456 g/mol. The van der Waals surface area contributed by atoms with Crippen molar-refractivity contribution >= 4 is 39.1 Å². The molecule has 0 fully saturated rings. The number of carbonyl (C=O) groups excluding carboxylic acids is 1. The summed E-state index contributed by atoms with van der Waals surface area (Å²) in [6.07, 6.45) is 1.07. The Labute approximate surface area is 187 Å². The summed E-state index contributed by atoms with van der Waals surface area (Å²) in [4.78, 5) is 13.7. The summed E-state index contributed by atoms with van der Waals surface area (Å²) < 4.78 is 30.7. The molecule has 6 nitrogen and oxygen atoms in total. The van der Waals surface area contributed by atoms with Crippen LogP contribution in [-0.2, 0) is 20.6 Å². The maximum Gasteiger partial charge on any atom is 0.245 e. The molecule has 31 heavy (non-hydrogen) atoms. The fourth-order valence-electron chi connectivity index (χ4n) is 2.86. The number of carbonyl (C=O) groups is 1. The van der Waals surface area contributed by atoms with E-state index in [1.54, 1.807) is 36.0 Å². The van der Waals surface area contributed by atoms with Gasteiger partial charge in [-0.15, -0.1) is 11.8 Å². The molecule has 0 aromatic heterocycles. The Hall–Kier alpha value is -2.97. The molecule has 8 heteroatoms. The van der Waals surface area contributed by atoms with Crippen LogP contribution in [0.15, 0.2) is 83.8 Å². The number of anilines is 2. The molecule has 0 saturated heterocycles. The number of rotatable bonds is 9. The minimum Gasteiger partial charge on any atom is -0.497 e. The molecule has 0 bridgehead atoms. The average molecular weight is 457 g/mol.